The maximum atomic E-state index is 12.7. The van der Waals surface area contributed by atoms with Gasteiger partial charge in [-0.05, 0) is 35.9 Å². The minimum absolute atomic E-state index is 0.128. The SMILES string of the molecule is CCNS(=O)(=O)c1cc(C(=O)NCc2ccc(S(=O)(=O)N3CCOCC3)cc2)ccc1OC. The minimum Gasteiger partial charge on any atom is -0.495 e. The highest BCUT2D eigenvalue weighted by molar-refractivity contribution is 7.89. The van der Waals surface area contributed by atoms with Gasteiger partial charge in [0.15, 0.2) is 0 Å². The van der Waals surface area contributed by atoms with Crippen LogP contribution in [-0.2, 0) is 31.3 Å². The van der Waals surface area contributed by atoms with Gasteiger partial charge in [-0.25, -0.2) is 21.6 Å². The second kappa shape index (κ2) is 10.6. The number of sulfonamides is 2. The number of methoxy groups -OCH3 is 1. The first-order valence-electron chi connectivity index (χ1n) is 10.3. The highest BCUT2D eigenvalue weighted by Gasteiger charge is 2.26. The molecule has 0 bridgehead atoms. The van der Waals surface area contributed by atoms with Crippen LogP contribution in [0, 0.1) is 0 Å². The van der Waals surface area contributed by atoms with E-state index in [1.54, 1.807) is 19.1 Å². The third-order valence-electron chi connectivity index (χ3n) is 5.03. The molecule has 2 aromatic rings. The van der Waals surface area contributed by atoms with Gasteiger partial charge in [0.25, 0.3) is 5.91 Å². The quantitative estimate of drug-likeness (QED) is 0.527. The van der Waals surface area contributed by atoms with Gasteiger partial charge in [-0.2, -0.15) is 4.31 Å². The molecule has 2 aromatic carbocycles. The molecule has 0 aromatic heterocycles. The summed E-state index contributed by atoms with van der Waals surface area (Å²) < 4.78 is 64.3. The zero-order chi connectivity index (χ0) is 24.1. The van der Waals surface area contributed by atoms with Crippen molar-refractivity contribution in [3.63, 3.8) is 0 Å². The van der Waals surface area contributed by atoms with Crippen molar-refractivity contribution in [2.24, 2.45) is 0 Å². The Morgan fingerprint density at radius 2 is 1.73 bits per heavy atom. The molecule has 1 heterocycles. The fourth-order valence-electron chi connectivity index (χ4n) is 3.30. The van der Waals surface area contributed by atoms with E-state index in [0.717, 1.165) is 0 Å². The normalized spacial score (nSPS) is 15.2. The van der Waals surface area contributed by atoms with Gasteiger partial charge in [0, 0.05) is 31.7 Å². The number of amides is 1. The summed E-state index contributed by atoms with van der Waals surface area (Å²) in [7, 11) is -6.07. The van der Waals surface area contributed by atoms with Crippen LogP contribution in [0.25, 0.3) is 0 Å². The highest BCUT2D eigenvalue weighted by atomic mass is 32.2. The van der Waals surface area contributed by atoms with Gasteiger partial charge >= 0.3 is 0 Å². The summed E-state index contributed by atoms with van der Waals surface area (Å²) >= 11 is 0. The predicted molar refractivity (Wildman–Crippen MR) is 121 cm³/mol. The molecule has 1 aliphatic rings. The molecule has 33 heavy (non-hydrogen) atoms. The maximum Gasteiger partial charge on any atom is 0.251 e. The Hall–Kier alpha value is -2.51. The van der Waals surface area contributed by atoms with Gasteiger partial charge in [-0.1, -0.05) is 19.1 Å². The van der Waals surface area contributed by atoms with Gasteiger partial charge in [0.05, 0.1) is 25.2 Å². The Morgan fingerprint density at radius 1 is 1.06 bits per heavy atom. The lowest BCUT2D eigenvalue weighted by atomic mass is 10.2. The van der Waals surface area contributed by atoms with Crippen molar-refractivity contribution in [2.75, 3.05) is 40.0 Å². The monoisotopic (exact) mass is 497 g/mol. The Bertz CT molecular complexity index is 1190. The van der Waals surface area contributed by atoms with Gasteiger partial charge in [0.1, 0.15) is 10.6 Å². The van der Waals surface area contributed by atoms with Crippen molar-refractivity contribution in [3.05, 3.63) is 53.6 Å². The first-order valence-corrected chi connectivity index (χ1v) is 13.2. The summed E-state index contributed by atoms with van der Waals surface area (Å²) in [6.45, 7) is 3.34. The Morgan fingerprint density at radius 3 is 2.33 bits per heavy atom. The Balaban J connectivity index is 1.70. The molecule has 2 N–H and O–H groups in total. The lowest BCUT2D eigenvalue weighted by Gasteiger charge is -2.26. The molecule has 0 spiro atoms. The van der Waals surface area contributed by atoms with Crippen LogP contribution in [-0.4, -0.2) is 67.0 Å². The number of nitrogens with one attached hydrogen (secondary N) is 2. The number of rotatable bonds is 9. The van der Waals surface area contributed by atoms with Crippen LogP contribution >= 0.6 is 0 Å². The van der Waals surface area contributed by atoms with Crippen LogP contribution in [0.2, 0.25) is 0 Å². The van der Waals surface area contributed by atoms with Crippen LogP contribution in [0.3, 0.4) is 0 Å². The minimum atomic E-state index is -3.83. The van der Waals surface area contributed by atoms with Crippen LogP contribution < -0.4 is 14.8 Å². The number of ether oxygens (including phenoxy) is 2. The standard InChI is InChI=1S/C21H27N3O7S2/c1-3-23-32(26,27)20-14-17(6-9-19(20)30-2)21(25)22-15-16-4-7-18(8-5-16)33(28,29)24-10-12-31-13-11-24/h4-9,14,23H,3,10-13,15H2,1-2H3,(H,22,25). The van der Waals surface area contributed by atoms with Crippen molar-refractivity contribution < 1.29 is 31.1 Å². The van der Waals surface area contributed by atoms with Crippen molar-refractivity contribution >= 4 is 26.0 Å². The predicted octanol–water partition coefficient (Wildman–Crippen LogP) is 0.944. The molecule has 1 saturated heterocycles. The van der Waals surface area contributed by atoms with E-state index in [1.807, 2.05) is 0 Å². The summed E-state index contributed by atoms with van der Waals surface area (Å²) in [6.07, 6.45) is 0. The zero-order valence-corrected chi connectivity index (χ0v) is 20.0. The Kier molecular flexibility index (Phi) is 8.08. The molecule has 1 aliphatic heterocycles. The molecule has 0 unspecified atom stereocenters. The smallest absolute Gasteiger partial charge is 0.251 e. The lowest BCUT2D eigenvalue weighted by molar-refractivity contribution is 0.0730. The number of carbonyl (C=O) groups excluding carboxylic acids is 1. The van der Waals surface area contributed by atoms with Crippen molar-refractivity contribution in [2.45, 2.75) is 23.3 Å². The molecule has 3 rings (SSSR count). The fraction of sp³-hybridized carbons (Fsp3) is 0.381. The third-order valence-corrected chi connectivity index (χ3v) is 8.51. The van der Waals surface area contributed by atoms with Crippen LogP contribution in [0.4, 0.5) is 0 Å². The van der Waals surface area contributed by atoms with Gasteiger partial charge in [0.2, 0.25) is 20.0 Å². The van der Waals surface area contributed by atoms with Crippen LogP contribution in [0.15, 0.2) is 52.3 Å². The van der Waals surface area contributed by atoms with Gasteiger partial charge in [-0.3, -0.25) is 4.79 Å². The first-order chi connectivity index (χ1) is 15.7. The first kappa shape index (κ1) is 25.1. The molecular formula is C21H27N3O7S2. The maximum absolute atomic E-state index is 12.7. The number of morpholine rings is 1. The van der Waals surface area contributed by atoms with Gasteiger partial charge in [-0.15, -0.1) is 0 Å². The molecular weight excluding hydrogens is 470 g/mol. The number of hydrogen-bond acceptors (Lipinski definition) is 7. The topological polar surface area (TPSA) is 131 Å². The molecule has 0 atom stereocenters. The molecule has 0 aliphatic carbocycles. The van der Waals surface area contributed by atoms with E-state index in [0.29, 0.717) is 31.9 Å². The number of benzene rings is 2. The van der Waals surface area contributed by atoms with E-state index in [2.05, 4.69) is 10.0 Å². The summed E-state index contributed by atoms with van der Waals surface area (Å²) in [4.78, 5) is 12.7. The fourth-order valence-corrected chi connectivity index (χ4v) is 5.94. The second-order valence-electron chi connectivity index (χ2n) is 7.21. The van der Waals surface area contributed by atoms with Crippen molar-refractivity contribution in [3.8, 4) is 5.75 Å². The molecule has 0 radical (unpaired) electrons. The van der Waals surface area contributed by atoms with Crippen molar-refractivity contribution in [1.29, 1.82) is 0 Å². The average molecular weight is 498 g/mol. The summed E-state index contributed by atoms with van der Waals surface area (Å²) in [5.74, 6) is -0.347. The zero-order valence-electron chi connectivity index (χ0n) is 18.4. The molecule has 1 amide bonds. The Labute approximate surface area is 194 Å². The van der Waals surface area contributed by atoms with Gasteiger partial charge < -0.3 is 14.8 Å². The summed E-state index contributed by atoms with van der Waals surface area (Å²) in [5, 5.41) is 2.71. The van der Waals surface area contributed by atoms with Crippen LogP contribution in [0.5, 0.6) is 5.75 Å². The molecule has 10 nitrogen and oxygen atoms in total. The highest BCUT2D eigenvalue weighted by Crippen LogP contribution is 2.25. The molecule has 0 saturated carbocycles. The van der Waals surface area contributed by atoms with E-state index < -0.39 is 26.0 Å². The van der Waals surface area contributed by atoms with E-state index in [1.165, 1.54) is 41.7 Å². The largest absolute Gasteiger partial charge is 0.495 e. The summed E-state index contributed by atoms with van der Waals surface area (Å²) in [6, 6.07) is 10.4. The van der Waals surface area contributed by atoms with E-state index >= 15 is 0 Å². The molecule has 12 heteroatoms. The number of carbonyl (C=O) groups is 1. The number of nitrogens with zero attached hydrogens (tertiary/aromatic N) is 1. The van der Waals surface area contributed by atoms with E-state index in [4.69, 9.17) is 9.47 Å². The van der Waals surface area contributed by atoms with Crippen molar-refractivity contribution in [1.82, 2.24) is 14.3 Å². The average Bonchev–Trinajstić information content (AvgIpc) is 2.83. The molecule has 1 fully saturated rings. The van der Waals surface area contributed by atoms with E-state index in [-0.39, 0.29) is 34.2 Å². The van der Waals surface area contributed by atoms with E-state index in [9.17, 15) is 21.6 Å². The van der Waals surface area contributed by atoms with Crippen LogP contribution in [0.1, 0.15) is 22.8 Å². The third kappa shape index (κ3) is 5.89. The molecule has 180 valence electrons. The summed E-state index contributed by atoms with van der Waals surface area (Å²) in [5.41, 5.74) is 0.845. The lowest BCUT2D eigenvalue weighted by Crippen LogP contribution is -2.40. The second-order valence-corrected chi connectivity index (χ2v) is 10.9. The number of hydrogen-bond donors (Lipinski definition) is 2.